The van der Waals surface area contributed by atoms with E-state index in [4.69, 9.17) is 11.6 Å². The van der Waals surface area contributed by atoms with Crippen molar-refractivity contribution in [3.63, 3.8) is 0 Å². The summed E-state index contributed by atoms with van der Waals surface area (Å²) >= 11 is 5.83. The van der Waals surface area contributed by atoms with Crippen molar-refractivity contribution in [3.8, 4) is 0 Å². The van der Waals surface area contributed by atoms with Crippen LogP contribution in [0.5, 0.6) is 0 Å². The number of H-pyrrole nitrogens is 1. The van der Waals surface area contributed by atoms with Crippen LogP contribution in [0.3, 0.4) is 0 Å². The molecule has 0 saturated heterocycles. The summed E-state index contributed by atoms with van der Waals surface area (Å²) in [6.45, 7) is 6.05. The van der Waals surface area contributed by atoms with Crippen molar-refractivity contribution < 1.29 is 0 Å². The molecule has 0 aliphatic rings. The van der Waals surface area contributed by atoms with Crippen molar-refractivity contribution in [2.75, 3.05) is 0 Å². The zero-order valence-corrected chi connectivity index (χ0v) is 8.49. The van der Waals surface area contributed by atoms with Crippen LogP contribution >= 0.6 is 11.6 Å². The van der Waals surface area contributed by atoms with Gasteiger partial charge in [0, 0.05) is 12.5 Å². The lowest BCUT2D eigenvalue weighted by Crippen LogP contribution is -2.16. The van der Waals surface area contributed by atoms with E-state index in [0.29, 0.717) is 5.02 Å². The third-order valence-electron chi connectivity index (χ3n) is 1.72. The number of hydrogen-bond acceptors (Lipinski definition) is 1. The molecule has 0 aliphatic heterocycles. The van der Waals surface area contributed by atoms with E-state index >= 15 is 0 Å². The van der Waals surface area contributed by atoms with E-state index in [1.807, 2.05) is 20.8 Å². The van der Waals surface area contributed by atoms with E-state index in [-0.39, 0.29) is 11.0 Å². The third kappa shape index (κ3) is 1.41. The molecule has 1 aromatic heterocycles. The van der Waals surface area contributed by atoms with E-state index in [2.05, 4.69) is 5.10 Å². The molecule has 12 heavy (non-hydrogen) atoms. The minimum atomic E-state index is -0.218. The Morgan fingerprint density at radius 3 is 2.08 bits per heavy atom. The first kappa shape index (κ1) is 9.39. The second-order valence-corrected chi connectivity index (χ2v) is 4.29. The SMILES string of the molecule is Cn1[nH]c(=O)c(Cl)c1C(C)(C)C. The van der Waals surface area contributed by atoms with Crippen LogP contribution in [0.25, 0.3) is 0 Å². The summed E-state index contributed by atoms with van der Waals surface area (Å²) in [6, 6.07) is 0. The first-order valence-corrected chi connectivity index (χ1v) is 4.17. The summed E-state index contributed by atoms with van der Waals surface area (Å²) < 4.78 is 1.67. The lowest BCUT2D eigenvalue weighted by molar-refractivity contribution is 0.523. The third-order valence-corrected chi connectivity index (χ3v) is 2.07. The average molecular weight is 189 g/mol. The molecule has 1 N–H and O–H groups in total. The van der Waals surface area contributed by atoms with Crippen LogP contribution in [0.15, 0.2) is 4.79 Å². The summed E-state index contributed by atoms with van der Waals surface area (Å²) in [5.74, 6) is 0. The highest BCUT2D eigenvalue weighted by Crippen LogP contribution is 2.25. The maximum absolute atomic E-state index is 11.1. The van der Waals surface area contributed by atoms with Gasteiger partial charge in [-0.2, -0.15) is 0 Å². The predicted octanol–water partition coefficient (Wildman–Crippen LogP) is 1.66. The number of halogens is 1. The molecule has 0 bridgehead atoms. The van der Waals surface area contributed by atoms with Crippen LogP contribution < -0.4 is 5.56 Å². The molecule has 0 amide bonds. The highest BCUT2D eigenvalue weighted by molar-refractivity contribution is 6.31. The van der Waals surface area contributed by atoms with Crippen molar-refractivity contribution in [2.45, 2.75) is 26.2 Å². The summed E-state index contributed by atoms with van der Waals surface area (Å²) in [6.07, 6.45) is 0. The topological polar surface area (TPSA) is 37.8 Å². The molecule has 0 atom stereocenters. The van der Waals surface area contributed by atoms with Gasteiger partial charge in [0.15, 0.2) is 0 Å². The van der Waals surface area contributed by atoms with Gasteiger partial charge >= 0.3 is 0 Å². The molecule has 0 aliphatic carbocycles. The predicted molar refractivity (Wildman–Crippen MR) is 49.7 cm³/mol. The van der Waals surface area contributed by atoms with Crippen LogP contribution in [0.2, 0.25) is 5.02 Å². The average Bonchev–Trinajstić information content (AvgIpc) is 2.05. The normalized spacial score (nSPS) is 12.1. The number of rotatable bonds is 0. The number of aromatic amines is 1. The molecular formula is C8H13ClN2O. The molecule has 0 spiro atoms. The quantitative estimate of drug-likeness (QED) is 0.661. The zero-order valence-electron chi connectivity index (χ0n) is 7.73. The van der Waals surface area contributed by atoms with Gasteiger partial charge in [0.05, 0.1) is 5.69 Å². The molecule has 0 aromatic carbocycles. The fraction of sp³-hybridized carbons (Fsp3) is 0.625. The second kappa shape index (κ2) is 2.66. The minimum Gasteiger partial charge on any atom is -0.290 e. The smallest absolute Gasteiger partial charge is 0.283 e. The summed E-state index contributed by atoms with van der Waals surface area (Å²) in [5, 5.41) is 2.91. The number of nitrogens with zero attached hydrogens (tertiary/aromatic N) is 1. The molecule has 1 rings (SSSR count). The highest BCUT2D eigenvalue weighted by atomic mass is 35.5. The Bertz CT molecular complexity index is 343. The molecule has 0 unspecified atom stereocenters. The Morgan fingerprint density at radius 2 is 1.92 bits per heavy atom. The van der Waals surface area contributed by atoms with Crippen molar-refractivity contribution in [1.29, 1.82) is 0 Å². The van der Waals surface area contributed by atoms with Crippen LogP contribution in [-0.4, -0.2) is 9.78 Å². The molecule has 4 heteroatoms. The Kier molecular flexibility index (Phi) is 2.08. The van der Waals surface area contributed by atoms with Gasteiger partial charge in [-0.1, -0.05) is 32.4 Å². The lowest BCUT2D eigenvalue weighted by Gasteiger charge is -2.19. The lowest BCUT2D eigenvalue weighted by atomic mass is 9.92. The van der Waals surface area contributed by atoms with Crippen LogP contribution in [0, 0.1) is 0 Å². The van der Waals surface area contributed by atoms with Crippen LogP contribution in [0.4, 0.5) is 0 Å². The minimum absolute atomic E-state index is 0.106. The summed E-state index contributed by atoms with van der Waals surface area (Å²) in [4.78, 5) is 11.1. The van der Waals surface area contributed by atoms with E-state index in [1.165, 1.54) is 0 Å². The van der Waals surface area contributed by atoms with Gasteiger partial charge in [-0.25, -0.2) is 0 Å². The monoisotopic (exact) mass is 188 g/mol. The van der Waals surface area contributed by atoms with Crippen molar-refractivity contribution in [3.05, 3.63) is 21.1 Å². The molecule has 0 radical (unpaired) electrons. The number of aryl methyl sites for hydroxylation is 1. The second-order valence-electron chi connectivity index (χ2n) is 3.91. The number of aromatic nitrogens is 2. The Balaban J connectivity index is 3.43. The van der Waals surface area contributed by atoms with Gasteiger partial charge in [-0.05, 0) is 0 Å². The van der Waals surface area contributed by atoms with Crippen molar-refractivity contribution >= 4 is 11.6 Å². The van der Waals surface area contributed by atoms with Crippen molar-refractivity contribution in [1.82, 2.24) is 9.78 Å². The fourth-order valence-electron chi connectivity index (χ4n) is 1.34. The molecular weight excluding hydrogens is 176 g/mol. The first-order chi connectivity index (χ1) is 5.34. The number of hydrogen-bond donors (Lipinski definition) is 1. The number of nitrogens with one attached hydrogen (secondary N) is 1. The van der Waals surface area contributed by atoms with Gasteiger partial charge < -0.3 is 0 Å². The van der Waals surface area contributed by atoms with Gasteiger partial charge in [-0.3, -0.25) is 14.6 Å². The van der Waals surface area contributed by atoms with Crippen LogP contribution in [-0.2, 0) is 12.5 Å². The highest BCUT2D eigenvalue weighted by Gasteiger charge is 2.23. The van der Waals surface area contributed by atoms with Crippen molar-refractivity contribution in [2.24, 2.45) is 7.05 Å². The summed E-state index contributed by atoms with van der Waals surface area (Å²) in [5.41, 5.74) is 0.517. The molecule has 1 aromatic rings. The molecule has 1 heterocycles. The van der Waals surface area contributed by atoms with E-state index < -0.39 is 0 Å². The van der Waals surface area contributed by atoms with Gasteiger partial charge in [-0.15, -0.1) is 0 Å². The zero-order chi connectivity index (χ0) is 9.52. The van der Waals surface area contributed by atoms with E-state index in [9.17, 15) is 4.79 Å². The van der Waals surface area contributed by atoms with Gasteiger partial charge in [0.2, 0.25) is 0 Å². The maximum atomic E-state index is 11.1. The Hall–Kier alpha value is -0.700. The standard InChI is InChI=1S/C8H13ClN2O/c1-8(2,3)6-5(9)7(12)10-11(6)4/h1-4H3,(H,10,12). The Labute approximate surface area is 76.3 Å². The summed E-state index contributed by atoms with van der Waals surface area (Å²) in [7, 11) is 1.79. The fourth-order valence-corrected chi connectivity index (χ4v) is 1.80. The molecule has 0 saturated carbocycles. The van der Waals surface area contributed by atoms with Gasteiger partial charge in [0.25, 0.3) is 5.56 Å². The largest absolute Gasteiger partial charge is 0.290 e. The van der Waals surface area contributed by atoms with Gasteiger partial charge in [0.1, 0.15) is 5.02 Å². The molecule has 3 nitrogen and oxygen atoms in total. The van der Waals surface area contributed by atoms with E-state index in [0.717, 1.165) is 5.69 Å². The van der Waals surface area contributed by atoms with E-state index in [1.54, 1.807) is 11.7 Å². The maximum Gasteiger partial charge on any atom is 0.283 e. The first-order valence-electron chi connectivity index (χ1n) is 3.79. The molecule has 68 valence electrons. The molecule has 0 fully saturated rings. The Morgan fingerprint density at radius 1 is 1.42 bits per heavy atom. The van der Waals surface area contributed by atoms with Crippen LogP contribution in [0.1, 0.15) is 26.5 Å².